The first-order valence-electron chi connectivity index (χ1n) is 12.6. The highest BCUT2D eigenvalue weighted by molar-refractivity contribution is 5.74. The average Bonchev–Trinajstić information content (AvgIpc) is 2.92. The van der Waals surface area contributed by atoms with E-state index in [1.807, 2.05) is 24.3 Å². The van der Waals surface area contributed by atoms with Gasteiger partial charge in [0.05, 0.1) is 13.0 Å². The third kappa shape index (κ3) is 4.61. The summed E-state index contributed by atoms with van der Waals surface area (Å²) in [7, 11) is 1.68. The van der Waals surface area contributed by atoms with Crippen molar-refractivity contribution < 1.29 is 14.6 Å². The predicted octanol–water partition coefficient (Wildman–Crippen LogP) is 6.15. The summed E-state index contributed by atoms with van der Waals surface area (Å²) in [6, 6.07) is 25.6. The van der Waals surface area contributed by atoms with Gasteiger partial charge >= 0.3 is 5.97 Å². The number of allylic oxidation sites excluding steroid dienone is 3. The van der Waals surface area contributed by atoms with Gasteiger partial charge in [-0.25, -0.2) is 0 Å². The molecular weight excluding hydrogens is 446 g/mol. The van der Waals surface area contributed by atoms with Crippen LogP contribution in [0.5, 0.6) is 5.75 Å². The zero-order chi connectivity index (χ0) is 25.1. The van der Waals surface area contributed by atoms with E-state index in [0.717, 1.165) is 42.9 Å². The summed E-state index contributed by atoms with van der Waals surface area (Å²) >= 11 is 0. The van der Waals surface area contributed by atoms with Crippen LogP contribution in [0.2, 0.25) is 0 Å². The van der Waals surface area contributed by atoms with Crippen molar-refractivity contribution in [2.75, 3.05) is 13.7 Å². The van der Waals surface area contributed by atoms with Gasteiger partial charge < -0.3 is 9.84 Å². The summed E-state index contributed by atoms with van der Waals surface area (Å²) in [5.74, 6) is -0.504. The number of hydrogen-bond acceptors (Lipinski definition) is 3. The van der Waals surface area contributed by atoms with Crippen LogP contribution in [0.1, 0.15) is 41.2 Å². The maximum absolute atomic E-state index is 11.9. The molecule has 3 aromatic carbocycles. The highest BCUT2D eigenvalue weighted by Crippen LogP contribution is 2.46. The third-order valence-electron chi connectivity index (χ3n) is 7.78. The lowest BCUT2D eigenvalue weighted by Gasteiger charge is -2.40. The first-order chi connectivity index (χ1) is 17.5. The molecule has 1 aliphatic carbocycles. The van der Waals surface area contributed by atoms with Gasteiger partial charge in [-0.1, -0.05) is 84.5 Å². The Balaban J connectivity index is 1.55. The molecule has 1 N–H and O–H groups in total. The van der Waals surface area contributed by atoms with Crippen molar-refractivity contribution >= 4 is 5.97 Å². The van der Waals surface area contributed by atoms with Gasteiger partial charge in [-0.2, -0.15) is 0 Å². The molecule has 0 saturated heterocycles. The van der Waals surface area contributed by atoms with E-state index in [4.69, 9.17) is 4.74 Å². The van der Waals surface area contributed by atoms with E-state index in [-0.39, 0.29) is 0 Å². The second-order valence-electron chi connectivity index (χ2n) is 9.93. The number of ether oxygens (including phenoxy) is 1. The average molecular weight is 480 g/mol. The molecule has 0 radical (unpaired) electrons. The fourth-order valence-corrected chi connectivity index (χ4v) is 5.72. The van der Waals surface area contributed by atoms with E-state index in [1.165, 1.54) is 22.3 Å². The lowest BCUT2D eigenvalue weighted by atomic mass is 9.65. The standard InChI is InChI=1S/C32H33NO3/c1-23(31(34)35)25-11-7-18-32(20-25,27-13-15-28(36-2)16-14-27)30-12-6-10-26-22-33(19-17-29(26)30)21-24-8-4-3-5-9-24/h3-16,18,23H,17,19-22H2,1-2H3,(H,34,35). The lowest BCUT2D eigenvalue weighted by molar-refractivity contribution is -0.139. The number of aliphatic carboxylic acids is 1. The molecule has 3 aromatic rings. The molecule has 0 amide bonds. The van der Waals surface area contributed by atoms with Crippen molar-refractivity contribution in [2.45, 2.75) is 38.3 Å². The Labute approximate surface area is 213 Å². The normalized spacial score (nSPS) is 20.3. The third-order valence-corrected chi connectivity index (χ3v) is 7.78. The van der Waals surface area contributed by atoms with Crippen LogP contribution in [0.3, 0.4) is 0 Å². The minimum absolute atomic E-state index is 0.424. The van der Waals surface area contributed by atoms with Crippen molar-refractivity contribution in [3.05, 3.63) is 124 Å². The number of rotatable bonds is 7. The predicted molar refractivity (Wildman–Crippen MR) is 143 cm³/mol. The monoisotopic (exact) mass is 479 g/mol. The SMILES string of the molecule is COc1ccc(C2(c3cccc4c3CCN(Cc3ccccc3)C4)C=CC=C(C(C)C(=O)O)C2)cc1. The molecular formula is C32H33NO3. The van der Waals surface area contributed by atoms with E-state index < -0.39 is 17.3 Å². The van der Waals surface area contributed by atoms with Crippen LogP contribution in [0.25, 0.3) is 0 Å². The van der Waals surface area contributed by atoms with Gasteiger partial charge in [-0.15, -0.1) is 0 Å². The Morgan fingerprint density at radius 3 is 2.56 bits per heavy atom. The number of fused-ring (bicyclic) bond motifs is 1. The van der Waals surface area contributed by atoms with Gasteiger partial charge in [-0.05, 0) is 59.7 Å². The number of carbonyl (C=O) groups is 1. The molecule has 2 unspecified atom stereocenters. The van der Waals surface area contributed by atoms with Gasteiger partial charge in [0.2, 0.25) is 0 Å². The molecule has 0 spiro atoms. The molecule has 4 heteroatoms. The Hall–Kier alpha value is -3.63. The minimum atomic E-state index is -0.785. The molecule has 5 rings (SSSR count). The first kappa shape index (κ1) is 24.1. The Morgan fingerprint density at radius 1 is 1.06 bits per heavy atom. The van der Waals surface area contributed by atoms with Crippen molar-refractivity contribution in [2.24, 2.45) is 5.92 Å². The molecule has 0 fully saturated rings. The highest BCUT2D eigenvalue weighted by atomic mass is 16.5. The molecule has 4 nitrogen and oxygen atoms in total. The minimum Gasteiger partial charge on any atom is -0.497 e. The summed E-state index contributed by atoms with van der Waals surface area (Å²) in [6.45, 7) is 4.63. The maximum atomic E-state index is 11.9. The topological polar surface area (TPSA) is 49.8 Å². The highest BCUT2D eigenvalue weighted by Gasteiger charge is 2.39. The fraction of sp³-hybridized carbons (Fsp3) is 0.281. The largest absolute Gasteiger partial charge is 0.497 e. The van der Waals surface area contributed by atoms with Gasteiger partial charge in [0.15, 0.2) is 0 Å². The molecule has 1 aliphatic heterocycles. The summed E-state index contributed by atoms with van der Waals surface area (Å²) in [5, 5.41) is 9.77. The van der Waals surface area contributed by atoms with Crippen molar-refractivity contribution in [1.29, 1.82) is 0 Å². The summed E-state index contributed by atoms with van der Waals surface area (Å²) in [5.41, 5.74) is 7.04. The Morgan fingerprint density at radius 2 is 1.83 bits per heavy atom. The van der Waals surface area contributed by atoms with Crippen LogP contribution in [0.4, 0.5) is 0 Å². The number of carboxylic acids is 1. The van der Waals surface area contributed by atoms with Crippen molar-refractivity contribution in [1.82, 2.24) is 4.90 Å². The van der Waals surface area contributed by atoms with Crippen LogP contribution in [-0.2, 0) is 29.7 Å². The molecule has 184 valence electrons. The number of benzene rings is 3. The Kier molecular flexibility index (Phi) is 6.80. The summed E-state index contributed by atoms with van der Waals surface area (Å²) in [6.07, 6.45) is 7.91. The smallest absolute Gasteiger partial charge is 0.310 e. The van der Waals surface area contributed by atoms with Crippen molar-refractivity contribution in [3.63, 3.8) is 0 Å². The van der Waals surface area contributed by atoms with Gasteiger partial charge in [0.1, 0.15) is 5.75 Å². The Bertz CT molecular complexity index is 1290. The van der Waals surface area contributed by atoms with Gasteiger partial charge in [-0.3, -0.25) is 9.69 Å². The zero-order valence-corrected chi connectivity index (χ0v) is 21.0. The lowest BCUT2D eigenvalue weighted by Crippen LogP contribution is -2.35. The maximum Gasteiger partial charge on any atom is 0.310 e. The molecule has 0 bridgehead atoms. The van der Waals surface area contributed by atoms with E-state index in [2.05, 4.69) is 71.6 Å². The number of carboxylic acid groups (broad SMARTS) is 1. The van der Waals surface area contributed by atoms with E-state index in [0.29, 0.717) is 6.42 Å². The molecule has 36 heavy (non-hydrogen) atoms. The zero-order valence-electron chi connectivity index (χ0n) is 21.0. The van der Waals surface area contributed by atoms with Crippen LogP contribution in [0, 0.1) is 5.92 Å². The van der Waals surface area contributed by atoms with Crippen LogP contribution in [-0.4, -0.2) is 29.6 Å². The van der Waals surface area contributed by atoms with Crippen LogP contribution >= 0.6 is 0 Å². The van der Waals surface area contributed by atoms with Gasteiger partial charge in [0, 0.05) is 25.0 Å². The quantitative estimate of drug-likeness (QED) is 0.442. The van der Waals surface area contributed by atoms with E-state index in [9.17, 15) is 9.90 Å². The second-order valence-corrected chi connectivity index (χ2v) is 9.93. The van der Waals surface area contributed by atoms with Crippen molar-refractivity contribution in [3.8, 4) is 5.75 Å². The summed E-state index contributed by atoms with van der Waals surface area (Å²) in [4.78, 5) is 14.4. The molecule has 2 atom stereocenters. The molecule has 2 aliphatic rings. The molecule has 0 aromatic heterocycles. The second kappa shape index (κ2) is 10.2. The first-order valence-corrected chi connectivity index (χ1v) is 12.6. The molecule has 0 saturated carbocycles. The van der Waals surface area contributed by atoms with E-state index >= 15 is 0 Å². The van der Waals surface area contributed by atoms with Crippen LogP contribution < -0.4 is 4.74 Å². The number of nitrogens with zero attached hydrogens (tertiary/aromatic N) is 1. The summed E-state index contributed by atoms with van der Waals surface area (Å²) < 4.78 is 5.42. The van der Waals surface area contributed by atoms with Gasteiger partial charge in [0.25, 0.3) is 0 Å². The molecule has 1 heterocycles. The van der Waals surface area contributed by atoms with Crippen LogP contribution in [0.15, 0.2) is 96.6 Å². The fourth-order valence-electron chi connectivity index (χ4n) is 5.72. The number of hydrogen-bond donors (Lipinski definition) is 1. The van der Waals surface area contributed by atoms with E-state index in [1.54, 1.807) is 14.0 Å². The number of methoxy groups -OCH3 is 1.